The summed E-state index contributed by atoms with van der Waals surface area (Å²) in [7, 11) is 1.65. The van der Waals surface area contributed by atoms with Crippen LogP contribution in [0.5, 0.6) is 46.0 Å². The number of thiazole rings is 2. The first kappa shape index (κ1) is 106. The molecule has 14 rings (SSSR count). The van der Waals surface area contributed by atoms with Gasteiger partial charge in [0, 0.05) is 50.5 Å². The van der Waals surface area contributed by atoms with Crippen molar-refractivity contribution in [3.63, 3.8) is 0 Å². The van der Waals surface area contributed by atoms with Crippen LogP contribution in [0.15, 0.2) is 178 Å². The van der Waals surface area contributed by atoms with Gasteiger partial charge in [0.2, 0.25) is 11.8 Å². The molecule has 3 fully saturated rings. The molecule has 4 atom stereocenters. The maximum Gasteiger partial charge on any atom is 0.573 e. The number of nitrogens with zero attached hydrogens (tertiary/aromatic N) is 7. The Hall–Kier alpha value is -14.5. The van der Waals surface area contributed by atoms with Gasteiger partial charge >= 0.3 is 31.5 Å². The van der Waals surface area contributed by atoms with Gasteiger partial charge in [-0.2, -0.15) is 0 Å². The first-order chi connectivity index (χ1) is 66.4. The fourth-order valence-corrected chi connectivity index (χ4v) is 15.7. The Bertz CT molecular complexity index is 5790. The van der Waals surface area contributed by atoms with Gasteiger partial charge in [-0.15, -0.1) is 75.4 Å². The average molecular weight is 2010 g/mol. The molecule has 6 aromatic carbocycles. The number of amides is 9. The first-order valence-electron chi connectivity index (χ1n) is 43.2. The van der Waals surface area contributed by atoms with E-state index in [0.29, 0.717) is 46.7 Å². The summed E-state index contributed by atoms with van der Waals surface area (Å²) in [5.74, 6) is -2.80. The standard InChI is InChI=1S/C24H29F3N4O6S.C24H22F3N3O5.C23H26F3N3O4S.C21H17F4N3O5/c1-23(2,3)37-22(34)30(4)15-9-10-31(12-15)21(33)18-14-38-20(29-18)11-28-19(32)13-35-16-5-7-17(8-6-16)36-24(25,26)27;25-24(26,27)35-17-10-8-16(9-11-17)33-14-21(31)28-12-22-29-20(13-34-22)23(32)30-19-7-3-5-15-4-1-2-6-18(15)19;24-23(25,26)33-18-7-5-17(6-8-18)32-13-20(30)27-11-21-28-19(14-34-21)22(31)29-10-9-15-3-1-2-4-16(15)12-29;22-14-3-1-13(2-4-14)9-27-20(30)17-11-32-19(28-17)10-26-18(29)12-31-15-5-7-16(8-6-15)33-21(23,24)25/h5-8,14-15H,9-13H2,1-4H3,(H,28,32);1-2,4,6,8-11,13,19H,3,5,7,12,14H2,(H,28,31)(H,30,32);5-8,14-16H,1-4,9-13H2,(H,27,30);1-8,11H,9-10,12H2,(H,26,29)(H,27,30). The molecule has 2 aliphatic carbocycles. The molecule has 4 unspecified atom stereocenters. The van der Waals surface area contributed by atoms with Crippen LogP contribution in [-0.2, 0) is 63.1 Å². The van der Waals surface area contributed by atoms with Crippen molar-refractivity contribution in [1.82, 2.24) is 66.5 Å². The maximum atomic E-state index is 12.9. The van der Waals surface area contributed by atoms with E-state index in [4.69, 9.17) is 32.5 Å². The number of benzene rings is 6. The predicted octanol–water partition coefficient (Wildman–Crippen LogP) is 15.6. The van der Waals surface area contributed by atoms with E-state index < -0.39 is 90.5 Å². The van der Waals surface area contributed by atoms with Crippen LogP contribution in [-0.4, -0.2) is 185 Å². The number of nitrogens with one attached hydrogen (secondary N) is 6. The molecule has 10 aromatic rings. The minimum Gasteiger partial charge on any atom is -0.484 e. The molecule has 2 saturated heterocycles. The third-order valence-corrected chi connectivity index (χ3v) is 22.6. The number of hydrogen-bond acceptors (Lipinski definition) is 26. The molecule has 140 heavy (non-hydrogen) atoms. The minimum absolute atomic E-state index is 0.00113. The Morgan fingerprint density at radius 1 is 0.429 bits per heavy atom. The van der Waals surface area contributed by atoms with Crippen LogP contribution in [0, 0.1) is 17.7 Å². The second kappa shape index (κ2) is 49.2. The smallest absolute Gasteiger partial charge is 0.484 e. The summed E-state index contributed by atoms with van der Waals surface area (Å²) >= 11 is 2.52. The Kier molecular flexibility index (Phi) is 37.2. The fraction of sp³-hybridized carbons (Fsp3) is 0.380. The van der Waals surface area contributed by atoms with Crippen LogP contribution < -0.4 is 69.8 Å². The van der Waals surface area contributed by atoms with Gasteiger partial charge < -0.3 is 98.1 Å². The topological polar surface area (TPSA) is 396 Å². The highest BCUT2D eigenvalue weighted by molar-refractivity contribution is 7.10. The van der Waals surface area contributed by atoms with Crippen molar-refractivity contribution in [3.05, 3.63) is 236 Å². The molecule has 9 amide bonds. The lowest BCUT2D eigenvalue weighted by Gasteiger charge is -2.41. The summed E-state index contributed by atoms with van der Waals surface area (Å²) in [6.07, 6.45) is -7.77. The highest BCUT2D eigenvalue weighted by Crippen LogP contribution is 2.38. The quantitative estimate of drug-likeness (QED) is 0.0213. The Balaban J connectivity index is 0.000000179. The summed E-state index contributed by atoms with van der Waals surface area (Å²) in [6, 6.07) is 32.0. The molecule has 4 aromatic heterocycles. The van der Waals surface area contributed by atoms with Gasteiger partial charge in [-0.05, 0) is 197 Å². The predicted molar refractivity (Wildman–Crippen MR) is 471 cm³/mol. The monoisotopic (exact) mass is 2010 g/mol. The summed E-state index contributed by atoms with van der Waals surface area (Å²) in [5, 5.41) is 20.3. The van der Waals surface area contributed by atoms with Crippen molar-refractivity contribution < 1.29 is 152 Å². The molecule has 0 radical (unpaired) electrons. The van der Waals surface area contributed by atoms with Gasteiger partial charge in [0.05, 0.1) is 38.3 Å². The second-order valence-corrected chi connectivity index (χ2v) is 34.3. The molecule has 4 aliphatic rings. The van der Waals surface area contributed by atoms with E-state index in [1.54, 1.807) is 43.5 Å². The van der Waals surface area contributed by atoms with Crippen molar-refractivity contribution in [2.45, 2.75) is 154 Å². The van der Waals surface area contributed by atoms with Crippen molar-refractivity contribution >= 4 is 76.0 Å². The number of ether oxygens (including phenoxy) is 9. The zero-order valence-electron chi connectivity index (χ0n) is 75.1. The van der Waals surface area contributed by atoms with E-state index in [0.717, 1.165) is 105 Å². The fourth-order valence-electron chi connectivity index (χ4n) is 14.3. The Morgan fingerprint density at radius 2 is 0.821 bits per heavy atom. The molecular formula is C92H94F13N13O20S2. The van der Waals surface area contributed by atoms with E-state index >= 15 is 0 Å². The third kappa shape index (κ3) is 35.8. The summed E-state index contributed by atoms with van der Waals surface area (Å²) in [6.45, 7) is 6.50. The second-order valence-electron chi connectivity index (χ2n) is 32.4. The van der Waals surface area contributed by atoms with E-state index in [1.807, 2.05) is 23.1 Å². The number of carbonyl (C=O) groups excluding carboxylic acids is 9. The highest BCUT2D eigenvalue weighted by atomic mass is 32.1. The van der Waals surface area contributed by atoms with Gasteiger partial charge in [0.1, 0.15) is 91.3 Å². The van der Waals surface area contributed by atoms with Crippen LogP contribution in [0.1, 0.15) is 159 Å². The van der Waals surface area contributed by atoms with Crippen molar-refractivity contribution in [3.8, 4) is 46.0 Å². The molecule has 6 N–H and O–H groups in total. The van der Waals surface area contributed by atoms with Crippen molar-refractivity contribution in [2.24, 2.45) is 11.8 Å². The molecule has 0 spiro atoms. The molecule has 0 bridgehead atoms. The number of aromatic nitrogens is 4. The zero-order chi connectivity index (χ0) is 101. The summed E-state index contributed by atoms with van der Waals surface area (Å²) in [5.41, 5.74) is 3.17. The number of halogens is 13. The van der Waals surface area contributed by atoms with E-state index in [1.165, 1.54) is 138 Å². The first-order valence-corrected chi connectivity index (χ1v) is 44.9. The number of likely N-dealkylation sites (tertiary alicyclic amines) is 2. The molecule has 6 heterocycles. The van der Waals surface area contributed by atoms with Gasteiger partial charge in [-0.1, -0.05) is 55.7 Å². The lowest BCUT2D eigenvalue weighted by Crippen LogP contribution is -2.44. The largest absolute Gasteiger partial charge is 0.573 e. The van der Waals surface area contributed by atoms with Gasteiger partial charge in [-0.25, -0.2) is 29.1 Å². The molecule has 750 valence electrons. The van der Waals surface area contributed by atoms with E-state index in [2.05, 4.69) is 76.9 Å². The number of rotatable bonds is 32. The Morgan fingerprint density at radius 3 is 1.25 bits per heavy atom. The Labute approximate surface area is 798 Å². The molecular weight excluding hydrogens is 1920 g/mol. The van der Waals surface area contributed by atoms with Gasteiger partial charge in [0.25, 0.3) is 47.3 Å². The lowest BCUT2D eigenvalue weighted by molar-refractivity contribution is -0.275. The molecule has 33 nitrogen and oxygen atoms in total. The maximum absolute atomic E-state index is 12.9. The van der Waals surface area contributed by atoms with Crippen LogP contribution in [0.3, 0.4) is 0 Å². The van der Waals surface area contributed by atoms with E-state index in [-0.39, 0.29) is 146 Å². The SMILES string of the molecule is CN(C(=O)OC(C)(C)C)C1CCN(C(=O)c2csc(CNC(=O)COc3ccc(OC(F)(F)F)cc3)n2)C1.O=C(COc1ccc(OC(F)(F)F)cc1)NCc1nc(C(=O)N2CCC3CCCCC3C2)cs1.O=C(COc1ccc(OC(F)(F)F)cc1)NCc1nc(C(=O)NC2CCCc3ccccc32)co1.O=C(COc1ccc(OC(F)(F)F)cc1)NCc1nc(C(=O)NCc2ccc(F)cc2)co1. The number of hydrogen-bond donors (Lipinski definition) is 6. The molecule has 2 aliphatic heterocycles. The normalized spacial score (nSPS) is 15.6. The van der Waals surface area contributed by atoms with Crippen molar-refractivity contribution in [2.75, 3.05) is 59.7 Å². The number of piperidine rings is 1. The number of alkyl halides is 12. The van der Waals surface area contributed by atoms with Gasteiger partial charge in [-0.3, -0.25) is 38.4 Å². The van der Waals surface area contributed by atoms with Crippen LogP contribution in [0.4, 0.5) is 61.9 Å². The van der Waals surface area contributed by atoms with E-state index in [9.17, 15) is 100 Å². The lowest BCUT2D eigenvalue weighted by atomic mass is 9.75. The van der Waals surface area contributed by atoms with Crippen LogP contribution in [0.2, 0.25) is 0 Å². The van der Waals surface area contributed by atoms with Crippen LogP contribution >= 0.6 is 22.7 Å². The van der Waals surface area contributed by atoms with Crippen LogP contribution in [0.25, 0.3) is 0 Å². The molecule has 48 heteroatoms. The number of likely N-dealkylation sites (N-methyl/N-ethyl adjacent to an activating group) is 1. The summed E-state index contributed by atoms with van der Waals surface area (Å²) < 4.78 is 211. The van der Waals surface area contributed by atoms with Crippen molar-refractivity contribution in [1.29, 1.82) is 0 Å². The molecule has 1 saturated carbocycles. The summed E-state index contributed by atoms with van der Waals surface area (Å²) in [4.78, 5) is 133. The zero-order valence-corrected chi connectivity index (χ0v) is 76.7. The number of aryl methyl sites for hydroxylation is 1. The number of carbonyl (C=O) groups is 9. The average Bonchev–Trinajstić information content (AvgIpc) is 1.42. The number of fused-ring (bicyclic) bond motifs is 2. The van der Waals surface area contributed by atoms with Gasteiger partial charge in [0.15, 0.2) is 37.8 Å². The number of oxazole rings is 2. The highest BCUT2D eigenvalue weighted by Gasteiger charge is 2.39. The minimum atomic E-state index is -4.80. The third-order valence-electron chi connectivity index (χ3n) is 20.9.